The number of hydrogen-bond donors (Lipinski definition) is 1. The fourth-order valence-corrected chi connectivity index (χ4v) is 2.59. The van der Waals surface area contributed by atoms with Gasteiger partial charge in [-0.1, -0.05) is 51.2 Å². The van der Waals surface area contributed by atoms with Crippen LogP contribution >= 0.6 is 0 Å². The standard InChI is InChI=1S/C18H30O5S/c1-3-4-5-6-7-8-9-17-10-12-18(13-11-17)23-15-14-22-16(2)24(19,20)21/h10-13,16H,3-9,14-15H2,1-2H3,(H,19,20,21). The topological polar surface area (TPSA) is 72.8 Å². The Bertz CT molecular complexity index is 539. The first-order valence-corrected chi connectivity index (χ1v) is 10.2. The van der Waals surface area contributed by atoms with Gasteiger partial charge in [-0.05, 0) is 37.5 Å². The minimum atomic E-state index is -4.15. The summed E-state index contributed by atoms with van der Waals surface area (Å²) in [6.07, 6.45) is 8.84. The summed E-state index contributed by atoms with van der Waals surface area (Å²) in [6.45, 7) is 3.84. The van der Waals surface area contributed by atoms with E-state index in [1.54, 1.807) is 0 Å². The second-order valence-corrected chi connectivity index (χ2v) is 7.66. The quantitative estimate of drug-likeness (QED) is 0.422. The Morgan fingerprint density at radius 2 is 1.62 bits per heavy atom. The van der Waals surface area contributed by atoms with Crippen molar-refractivity contribution < 1.29 is 22.4 Å². The molecule has 0 amide bonds. The van der Waals surface area contributed by atoms with Gasteiger partial charge in [-0.3, -0.25) is 4.55 Å². The first-order valence-electron chi connectivity index (χ1n) is 8.73. The summed E-state index contributed by atoms with van der Waals surface area (Å²) in [4.78, 5) is 0. The molecule has 0 saturated carbocycles. The Kier molecular flexibility index (Phi) is 9.98. The molecule has 6 heteroatoms. The van der Waals surface area contributed by atoms with Crippen molar-refractivity contribution in [2.45, 2.75) is 64.2 Å². The lowest BCUT2D eigenvalue weighted by molar-refractivity contribution is 0.0816. The lowest BCUT2D eigenvalue weighted by Crippen LogP contribution is -2.22. The maximum atomic E-state index is 10.8. The molecule has 1 rings (SSSR count). The molecule has 0 aliphatic heterocycles. The molecule has 0 aromatic heterocycles. The van der Waals surface area contributed by atoms with Gasteiger partial charge in [0.1, 0.15) is 12.4 Å². The third-order valence-corrected chi connectivity index (χ3v) is 4.84. The predicted molar refractivity (Wildman–Crippen MR) is 96.0 cm³/mol. The van der Waals surface area contributed by atoms with Crippen LogP contribution in [-0.2, 0) is 21.3 Å². The van der Waals surface area contributed by atoms with Gasteiger partial charge in [0, 0.05) is 0 Å². The van der Waals surface area contributed by atoms with E-state index < -0.39 is 15.6 Å². The second-order valence-electron chi connectivity index (χ2n) is 5.96. The zero-order valence-corrected chi connectivity index (χ0v) is 15.6. The van der Waals surface area contributed by atoms with E-state index in [9.17, 15) is 8.42 Å². The fourth-order valence-electron chi connectivity index (χ4n) is 2.32. The van der Waals surface area contributed by atoms with Crippen LogP contribution in [0, 0.1) is 0 Å². The van der Waals surface area contributed by atoms with E-state index in [0.29, 0.717) is 0 Å². The van der Waals surface area contributed by atoms with Crippen LogP contribution in [0.1, 0.15) is 57.9 Å². The van der Waals surface area contributed by atoms with Gasteiger partial charge in [0.15, 0.2) is 5.44 Å². The molecule has 0 aliphatic rings. The third-order valence-electron chi connectivity index (χ3n) is 3.87. The van der Waals surface area contributed by atoms with Gasteiger partial charge in [-0.15, -0.1) is 0 Å². The molecule has 1 aromatic rings. The van der Waals surface area contributed by atoms with Crippen molar-refractivity contribution in [1.82, 2.24) is 0 Å². The summed E-state index contributed by atoms with van der Waals surface area (Å²) in [5.41, 5.74) is 0.0647. The second kappa shape index (κ2) is 11.4. The van der Waals surface area contributed by atoms with Gasteiger partial charge in [0.2, 0.25) is 0 Å². The highest BCUT2D eigenvalue weighted by atomic mass is 32.2. The summed E-state index contributed by atoms with van der Waals surface area (Å²) in [5.74, 6) is 0.727. The predicted octanol–water partition coefficient (Wildman–Crippen LogP) is 4.22. The van der Waals surface area contributed by atoms with E-state index in [-0.39, 0.29) is 13.2 Å². The maximum absolute atomic E-state index is 10.8. The Balaban J connectivity index is 2.18. The summed E-state index contributed by atoms with van der Waals surface area (Å²) in [7, 11) is -4.15. The zero-order chi connectivity index (χ0) is 17.8. The van der Waals surface area contributed by atoms with Crippen molar-refractivity contribution in [1.29, 1.82) is 0 Å². The average molecular weight is 359 g/mol. The van der Waals surface area contributed by atoms with E-state index in [4.69, 9.17) is 14.0 Å². The van der Waals surface area contributed by atoms with Crippen LogP contribution in [0.5, 0.6) is 5.75 Å². The molecule has 24 heavy (non-hydrogen) atoms. The van der Waals surface area contributed by atoms with Crippen molar-refractivity contribution in [3.05, 3.63) is 29.8 Å². The molecule has 5 nitrogen and oxygen atoms in total. The van der Waals surface area contributed by atoms with E-state index in [0.717, 1.165) is 12.2 Å². The molecule has 1 aromatic carbocycles. The van der Waals surface area contributed by atoms with Crippen LogP contribution in [0.2, 0.25) is 0 Å². The summed E-state index contributed by atoms with van der Waals surface area (Å²) in [5, 5.41) is 0. The average Bonchev–Trinajstić information content (AvgIpc) is 2.55. The normalized spacial score (nSPS) is 13.0. The third kappa shape index (κ3) is 9.25. The Hall–Kier alpha value is -1.11. The number of aryl methyl sites for hydroxylation is 1. The van der Waals surface area contributed by atoms with Gasteiger partial charge in [0.05, 0.1) is 6.61 Å². The first-order chi connectivity index (χ1) is 11.4. The highest BCUT2D eigenvalue weighted by Gasteiger charge is 2.17. The molecule has 0 heterocycles. The summed E-state index contributed by atoms with van der Waals surface area (Å²) < 4.78 is 40.8. The number of benzene rings is 1. The molecule has 0 aliphatic carbocycles. The van der Waals surface area contributed by atoms with Crippen molar-refractivity contribution in [2.24, 2.45) is 0 Å². The zero-order valence-electron chi connectivity index (χ0n) is 14.7. The van der Waals surface area contributed by atoms with Crippen molar-refractivity contribution in [3.63, 3.8) is 0 Å². The Morgan fingerprint density at radius 1 is 1.00 bits per heavy atom. The monoisotopic (exact) mass is 358 g/mol. The molecule has 138 valence electrons. The highest BCUT2D eigenvalue weighted by molar-refractivity contribution is 7.86. The molecule has 0 radical (unpaired) electrons. The van der Waals surface area contributed by atoms with Gasteiger partial charge in [0.25, 0.3) is 10.1 Å². The van der Waals surface area contributed by atoms with Crippen LogP contribution in [0.4, 0.5) is 0 Å². The first kappa shape index (κ1) is 20.9. The lowest BCUT2D eigenvalue weighted by Gasteiger charge is -2.11. The van der Waals surface area contributed by atoms with E-state index in [1.807, 2.05) is 12.1 Å². The number of ether oxygens (including phenoxy) is 2. The van der Waals surface area contributed by atoms with Crippen molar-refractivity contribution in [3.8, 4) is 5.75 Å². The van der Waals surface area contributed by atoms with Gasteiger partial charge < -0.3 is 9.47 Å². The molecular formula is C18H30O5S. The minimum absolute atomic E-state index is 0.0977. The number of rotatable bonds is 13. The molecule has 0 bridgehead atoms. The van der Waals surface area contributed by atoms with E-state index in [2.05, 4.69) is 19.1 Å². The number of hydrogen-bond acceptors (Lipinski definition) is 4. The minimum Gasteiger partial charge on any atom is -0.491 e. The van der Waals surface area contributed by atoms with Gasteiger partial charge >= 0.3 is 0 Å². The molecule has 0 saturated heterocycles. The molecular weight excluding hydrogens is 328 g/mol. The maximum Gasteiger partial charge on any atom is 0.291 e. The van der Waals surface area contributed by atoms with Gasteiger partial charge in [-0.25, -0.2) is 0 Å². The smallest absolute Gasteiger partial charge is 0.291 e. The molecule has 0 fully saturated rings. The highest BCUT2D eigenvalue weighted by Crippen LogP contribution is 2.15. The largest absolute Gasteiger partial charge is 0.491 e. The number of unbranched alkanes of at least 4 members (excludes halogenated alkanes) is 5. The SMILES string of the molecule is CCCCCCCCc1ccc(OCCOC(C)S(=O)(=O)O)cc1. The van der Waals surface area contributed by atoms with Crippen molar-refractivity contribution >= 4 is 10.1 Å². The van der Waals surface area contributed by atoms with Gasteiger partial charge in [-0.2, -0.15) is 8.42 Å². The Morgan fingerprint density at radius 3 is 2.25 bits per heavy atom. The summed E-state index contributed by atoms with van der Waals surface area (Å²) in [6, 6.07) is 7.95. The molecule has 1 unspecified atom stereocenters. The molecule has 1 N–H and O–H groups in total. The van der Waals surface area contributed by atoms with Crippen molar-refractivity contribution in [2.75, 3.05) is 13.2 Å². The van der Waals surface area contributed by atoms with Crippen LogP contribution in [0.25, 0.3) is 0 Å². The van der Waals surface area contributed by atoms with Crippen LogP contribution < -0.4 is 4.74 Å². The summed E-state index contributed by atoms with van der Waals surface area (Å²) >= 11 is 0. The lowest BCUT2D eigenvalue weighted by atomic mass is 10.0. The van der Waals surface area contributed by atoms with Crippen LogP contribution in [0.3, 0.4) is 0 Å². The fraction of sp³-hybridized carbons (Fsp3) is 0.667. The van der Waals surface area contributed by atoms with E-state index in [1.165, 1.54) is 51.0 Å². The van der Waals surface area contributed by atoms with E-state index >= 15 is 0 Å². The van der Waals surface area contributed by atoms with Crippen LogP contribution in [-0.4, -0.2) is 31.6 Å². The van der Waals surface area contributed by atoms with Crippen LogP contribution in [0.15, 0.2) is 24.3 Å². The Labute approximate surface area is 146 Å². The molecule has 0 spiro atoms. The molecule has 1 atom stereocenters.